The van der Waals surface area contributed by atoms with Gasteiger partial charge >= 0.3 is 0 Å². The summed E-state index contributed by atoms with van der Waals surface area (Å²) < 4.78 is 37.9. The van der Waals surface area contributed by atoms with Crippen LogP contribution < -0.4 is 14.2 Å². The van der Waals surface area contributed by atoms with Crippen LogP contribution in [0.5, 0.6) is 11.5 Å². The fourth-order valence-electron chi connectivity index (χ4n) is 3.59. The molecule has 1 N–H and O–H groups in total. The summed E-state index contributed by atoms with van der Waals surface area (Å²) in [6.07, 6.45) is 0.787. The van der Waals surface area contributed by atoms with E-state index >= 15 is 0 Å². The van der Waals surface area contributed by atoms with Gasteiger partial charge in [-0.15, -0.1) is 0 Å². The van der Waals surface area contributed by atoms with Crippen LogP contribution in [0.3, 0.4) is 0 Å². The lowest BCUT2D eigenvalue weighted by Gasteiger charge is -2.31. The number of ether oxygens (including phenoxy) is 2. The van der Waals surface area contributed by atoms with Gasteiger partial charge in [-0.2, -0.15) is 0 Å². The SMILES string of the molecule is COc1cc(C)cc2c1-c1ccc(NS(C)(=O)=O)cc1C(c1ccccc1)O2. The summed E-state index contributed by atoms with van der Waals surface area (Å²) in [7, 11) is -1.74. The fraction of sp³-hybridized carbons (Fsp3) is 0.182. The Bertz CT molecular complexity index is 1140. The number of hydrogen-bond acceptors (Lipinski definition) is 4. The van der Waals surface area contributed by atoms with Crippen molar-refractivity contribution in [2.45, 2.75) is 13.0 Å². The zero-order valence-corrected chi connectivity index (χ0v) is 16.7. The molecule has 0 bridgehead atoms. The Hall–Kier alpha value is -2.99. The second-order valence-electron chi connectivity index (χ2n) is 6.93. The van der Waals surface area contributed by atoms with Gasteiger partial charge in [-0.05, 0) is 47.9 Å². The molecule has 5 nitrogen and oxygen atoms in total. The third-order valence-electron chi connectivity index (χ3n) is 4.68. The van der Waals surface area contributed by atoms with E-state index in [-0.39, 0.29) is 6.10 Å². The number of sulfonamides is 1. The molecule has 0 fully saturated rings. The van der Waals surface area contributed by atoms with Crippen molar-refractivity contribution in [3.05, 3.63) is 77.4 Å². The average Bonchev–Trinajstić information content (AvgIpc) is 2.65. The van der Waals surface area contributed by atoms with E-state index in [4.69, 9.17) is 9.47 Å². The molecule has 0 saturated heterocycles. The number of benzene rings is 3. The zero-order chi connectivity index (χ0) is 19.9. The van der Waals surface area contributed by atoms with Gasteiger partial charge in [0.25, 0.3) is 0 Å². The van der Waals surface area contributed by atoms with Crippen molar-refractivity contribution in [1.29, 1.82) is 0 Å². The smallest absolute Gasteiger partial charge is 0.229 e. The van der Waals surface area contributed by atoms with E-state index in [9.17, 15) is 8.42 Å². The summed E-state index contributed by atoms with van der Waals surface area (Å²) in [5.74, 6) is 1.48. The van der Waals surface area contributed by atoms with E-state index in [0.29, 0.717) is 5.69 Å². The van der Waals surface area contributed by atoms with Crippen LogP contribution in [0.2, 0.25) is 0 Å². The van der Waals surface area contributed by atoms with Crippen LogP contribution in [0.15, 0.2) is 60.7 Å². The molecular weight excluding hydrogens is 374 g/mol. The summed E-state index contributed by atoms with van der Waals surface area (Å²) in [4.78, 5) is 0. The summed E-state index contributed by atoms with van der Waals surface area (Å²) >= 11 is 0. The number of anilines is 1. The monoisotopic (exact) mass is 395 g/mol. The Balaban J connectivity index is 1.95. The molecule has 6 heteroatoms. The zero-order valence-electron chi connectivity index (χ0n) is 15.9. The lowest BCUT2D eigenvalue weighted by atomic mass is 9.88. The van der Waals surface area contributed by atoms with Gasteiger partial charge in [0.1, 0.15) is 17.6 Å². The van der Waals surface area contributed by atoms with E-state index in [1.54, 1.807) is 13.2 Å². The largest absolute Gasteiger partial charge is 0.496 e. The molecule has 1 heterocycles. The first kappa shape index (κ1) is 18.4. The van der Waals surface area contributed by atoms with E-state index in [1.807, 2.05) is 61.5 Å². The molecule has 4 rings (SSSR count). The Morgan fingerprint density at radius 2 is 1.79 bits per heavy atom. The summed E-state index contributed by atoms with van der Waals surface area (Å²) in [5.41, 5.74) is 5.26. The molecule has 0 amide bonds. The van der Waals surface area contributed by atoms with Crippen LogP contribution in [-0.2, 0) is 10.0 Å². The van der Waals surface area contributed by atoms with Crippen LogP contribution in [0.4, 0.5) is 5.69 Å². The number of rotatable bonds is 4. The van der Waals surface area contributed by atoms with Crippen molar-refractivity contribution in [2.75, 3.05) is 18.1 Å². The predicted octanol–water partition coefficient (Wildman–Crippen LogP) is 4.52. The van der Waals surface area contributed by atoms with Crippen molar-refractivity contribution in [3.63, 3.8) is 0 Å². The number of nitrogens with one attached hydrogen (secondary N) is 1. The molecule has 3 aromatic carbocycles. The third-order valence-corrected chi connectivity index (χ3v) is 5.29. The topological polar surface area (TPSA) is 64.6 Å². The molecule has 144 valence electrons. The molecule has 28 heavy (non-hydrogen) atoms. The van der Waals surface area contributed by atoms with Gasteiger partial charge in [0, 0.05) is 11.3 Å². The molecule has 1 unspecified atom stereocenters. The maximum atomic E-state index is 11.7. The number of hydrogen-bond donors (Lipinski definition) is 1. The van der Waals surface area contributed by atoms with Crippen molar-refractivity contribution in [2.24, 2.45) is 0 Å². The molecule has 0 saturated carbocycles. The number of fused-ring (bicyclic) bond motifs is 3. The van der Waals surface area contributed by atoms with Crippen LogP contribution in [0.1, 0.15) is 22.8 Å². The summed E-state index contributed by atoms with van der Waals surface area (Å²) in [6, 6.07) is 19.4. The van der Waals surface area contributed by atoms with E-state index in [2.05, 4.69) is 4.72 Å². The highest BCUT2D eigenvalue weighted by Gasteiger charge is 2.30. The van der Waals surface area contributed by atoms with Gasteiger partial charge in [-0.25, -0.2) is 8.42 Å². The highest BCUT2D eigenvalue weighted by molar-refractivity contribution is 7.92. The van der Waals surface area contributed by atoms with E-state index < -0.39 is 10.0 Å². The molecule has 0 aliphatic carbocycles. The maximum absolute atomic E-state index is 11.7. The second-order valence-corrected chi connectivity index (χ2v) is 8.67. The molecule has 0 spiro atoms. The third kappa shape index (κ3) is 3.43. The van der Waals surface area contributed by atoms with Gasteiger partial charge in [-0.1, -0.05) is 36.4 Å². The summed E-state index contributed by atoms with van der Waals surface area (Å²) in [5, 5.41) is 0. The first-order valence-electron chi connectivity index (χ1n) is 8.88. The molecule has 3 aromatic rings. The number of aryl methyl sites for hydroxylation is 1. The quantitative estimate of drug-likeness (QED) is 0.705. The lowest BCUT2D eigenvalue weighted by molar-refractivity contribution is 0.242. The van der Waals surface area contributed by atoms with Crippen LogP contribution in [0, 0.1) is 6.92 Å². The minimum atomic E-state index is -3.38. The van der Waals surface area contributed by atoms with Gasteiger partial charge in [-0.3, -0.25) is 4.72 Å². The minimum Gasteiger partial charge on any atom is -0.496 e. The molecule has 0 aromatic heterocycles. The van der Waals surface area contributed by atoms with Crippen molar-refractivity contribution in [1.82, 2.24) is 0 Å². The first-order valence-corrected chi connectivity index (χ1v) is 10.8. The van der Waals surface area contributed by atoms with Gasteiger partial charge in [0.2, 0.25) is 10.0 Å². The van der Waals surface area contributed by atoms with E-state index in [1.165, 1.54) is 0 Å². The molecule has 1 aliphatic heterocycles. The van der Waals surface area contributed by atoms with Crippen LogP contribution in [0.25, 0.3) is 11.1 Å². The van der Waals surface area contributed by atoms with Crippen molar-refractivity contribution >= 4 is 15.7 Å². The highest BCUT2D eigenvalue weighted by atomic mass is 32.2. The molecule has 1 aliphatic rings. The van der Waals surface area contributed by atoms with Crippen LogP contribution >= 0.6 is 0 Å². The Morgan fingerprint density at radius 1 is 1.04 bits per heavy atom. The van der Waals surface area contributed by atoms with Gasteiger partial charge in [0.05, 0.1) is 18.9 Å². The Labute approximate surface area is 165 Å². The average molecular weight is 395 g/mol. The first-order chi connectivity index (χ1) is 13.4. The minimum absolute atomic E-state index is 0.350. The number of methoxy groups -OCH3 is 1. The lowest BCUT2D eigenvalue weighted by Crippen LogP contribution is -2.17. The maximum Gasteiger partial charge on any atom is 0.229 e. The van der Waals surface area contributed by atoms with Gasteiger partial charge < -0.3 is 9.47 Å². The molecular formula is C22H21NO4S. The Morgan fingerprint density at radius 3 is 2.46 bits per heavy atom. The van der Waals surface area contributed by atoms with Gasteiger partial charge in [0.15, 0.2) is 0 Å². The molecule has 0 radical (unpaired) electrons. The second kappa shape index (κ2) is 6.87. The normalized spacial score (nSPS) is 15.2. The molecule has 1 atom stereocenters. The summed E-state index contributed by atoms with van der Waals surface area (Å²) in [6.45, 7) is 2.00. The van der Waals surface area contributed by atoms with Crippen molar-refractivity contribution in [3.8, 4) is 22.6 Å². The highest BCUT2D eigenvalue weighted by Crippen LogP contribution is 2.50. The fourth-order valence-corrected chi connectivity index (χ4v) is 4.15. The Kier molecular flexibility index (Phi) is 4.51. The van der Waals surface area contributed by atoms with E-state index in [0.717, 1.165) is 45.6 Å². The van der Waals surface area contributed by atoms with Crippen LogP contribution in [-0.4, -0.2) is 21.8 Å². The van der Waals surface area contributed by atoms with Crippen molar-refractivity contribution < 1.29 is 17.9 Å². The standard InChI is InChI=1S/C22H21NO4S/c1-14-11-19(26-2)21-17-10-9-16(23-28(3,24)25)13-18(17)22(27-20(21)12-14)15-7-5-4-6-8-15/h4-13,22-23H,1-3H3. The predicted molar refractivity (Wildman–Crippen MR) is 111 cm³/mol.